The van der Waals surface area contributed by atoms with Gasteiger partial charge in [0.1, 0.15) is 0 Å². The number of hydrogen-bond acceptors (Lipinski definition) is 5. The molecule has 0 saturated carbocycles. The number of fused-ring (bicyclic) bond motifs is 2. The number of hydrogen-bond donors (Lipinski definition) is 0. The van der Waals surface area contributed by atoms with E-state index in [0.29, 0.717) is 25.5 Å². The number of carbonyl (C=O) groups is 2. The van der Waals surface area contributed by atoms with Gasteiger partial charge in [0.05, 0.1) is 17.0 Å². The van der Waals surface area contributed by atoms with Crippen molar-refractivity contribution in [3.8, 4) is 0 Å². The van der Waals surface area contributed by atoms with Gasteiger partial charge >= 0.3 is 0 Å². The molecular formula is C24H25N5O2. The van der Waals surface area contributed by atoms with Crippen LogP contribution in [0.1, 0.15) is 18.4 Å². The van der Waals surface area contributed by atoms with E-state index in [4.69, 9.17) is 9.97 Å². The highest BCUT2D eigenvalue weighted by Gasteiger charge is 2.38. The summed E-state index contributed by atoms with van der Waals surface area (Å²) in [6, 6.07) is 17.6. The second-order valence-corrected chi connectivity index (χ2v) is 8.29. The molecule has 5 rings (SSSR count). The van der Waals surface area contributed by atoms with Crippen molar-refractivity contribution in [1.29, 1.82) is 0 Å². The molecule has 0 spiro atoms. The van der Waals surface area contributed by atoms with E-state index >= 15 is 0 Å². The van der Waals surface area contributed by atoms with E-state index in [1.54, 1.807) is 9.80 Å². The zero-order chi connectivity index (χ0) is 21.4. The molecule has 3 heterocycles. The number of anilines is 2. The number of para-hydroxylation sites is 2. The Morgan fingerprint density at radius 3 is 2.39 bits per heavy atom. The molecule has 1 aromatic heterocycles. The summed E-state index contributed by atoms with van der Waals surface area (Å²) in [5.41, 5.74) is 2.65. The van der Waals surface area contributed by atoms with Crippen LogP contribution >= 0.6 is 0 Å². The van der Waals surface area contributed by atoms with E-state index < -0.39 is 0 Å². The molecule has 1 fully saturated rings. The van der Waals surface area contributed by atoms with Crippen LogP contribution in [0.5, 0.6) is 0 Å². The minimum Gasteiger partial charge on any atom is -0.357 e. The van der Waals surface area contributed by atoms with E-state index in [-0.39, 0.29) is 24.2 Å². The standard InChI is InChI=1S/C24H25N5O2/c1-27-12-7-13-29(23-22(27)25-19-10-5-6-11-20(19)26-23)24(31)18-14-21(30)28(16-18)15-17-8-3-2-4-9-17/h2-6,8-11,18H,7,12-16H2,1H3. The minimum absolute atomic E-state index is 0.0268. The molecule has 2 aromatic carbocycles. The van der Waals surface area contributed by atoms with Crippen LogP contribution in [0.15, 0.2) is 54.6 Å². The van der Waals surface area contributed by atoms with Gasteiger partial charge in [0.25, 0.3) is 0 Å². The second kappa shape index (κ2) is 7.98. The molecule has 0 radical (unpaired) electrons. The first-order valence-electron chi connectivity index (χ1n) is 10.7. The van der Waals surface area contributed by atoms with Gasteiger partial charge in [0.2, 0.25) is 11.8 Å². The first kappa shape index (κ1) is 19.5. The maximum Gasteiger partial charge on any atom is 0.233 e. The van der Waals surface area contributed by atoms with Gasteiger partial charge in [-0.3, -0.25) is 14.5 Å². The van der Waals surface area contributed by atoms with Gasteiger partial charge < -0.3 is 9.80 Å². The highest BCUT2D eigenvalue weighted by atomic mass is 16.2. The topological polar surface area (TPSA) is 69.6 Å². The largest absolute Gasteiger partial charge is 0.357 e. The molecule has 1 atom stereocenters. The molecule has 31 heavy (non-hydrogen) atoms. The lowest BCUT2D eigenvalue weighted by Gasteiger charge is -2.25. The molecule has 2 aliphatic rings. The molecule has 1 saturated heterocycles. The molecule has 158 valence electrons. The maximum atomic E-state index is 13.6. The van der Waals surface area contributed by atoms with Crippen LogP contribution in [0.2, 0.25) is 0 Å². The molecule has 1 unspecified atom stereocenters. The lowest BCUT2D eigenvalue weighted by Crippen LogP contribution is -2.38. The van der Waals surface area contributed by atoms with Crippen molar-refractivity contribution in [1.82, 2.24) is 14.9 Å². The molecule has 2 amide bonds. The first-order chi connectivity index (χ1) is 15.1. The quantitative estimate of drug-likeness (QED) is 0.658. The third-order valence-corrected chi connectivity index (χ3v) is 6.07. The number of carbonyl (C=O) groups excluding carboxylic acids is 2. The third-order valence-electron chi connectivity index (χ3n) is 6.07. The van der Waals surface area contributed by atoms with E-state index in [9.17, 15) is 9.59 Å². The van der Waals surface area contributed by atoms with Crippen molar-refractivity contribution in [3.63, 3.8) is 0 Å². The van der Waals surface area contributed by atoms with Crippen LogP contribution in [0.3, 0.4) is 0 Å². The smallest absolute Gasteiger partial charge is 0.233 e. The Morgan fingerprint density at radius 1 is 0.968 bits per heavy atom. The van der Waals surface area contributed by atoms with Gasteiger partial charge in [-0.05, 0) is 24.1 Å². The number of rotatable bonds is 3. The Balaban J connectivity index is 1.42. The predicted octanol–water partition coefficient (Wildman–Crippen LogP) is 2.85. The summed E-state index contributed by atoms with van der Waals surface area (Å²) in [5.74, 6) is 0.942. The Labute approximate surface area is 181 Å². The van der Waals surface area contributed by atoms with Gasteiger partial charge in [-0.25, -0.2) is 9.97 Å². The second-order valence-electron chi connectivity index (χ2n) is 8.29. The molecule has 7 nitrogen and oxygen atoms in total. The lowest BCUT2D eigenvalue weighted by molar-refractivity contribution is -0.128. The zero-order valence-electron chi connectivity index (χ0n) is 17.6. The summed E-state index contributed by atoms with van der Waals surface area (Å²) in [6.07, 6.45) is 1.07. The summed E-state index contributed by atoms with van der Waals surface area (Å²) in [4.78, 5) is 41.4. The highest BCUT2D eigenvalue weighted by Crippen LogP contribution is 2.32. The van der Waals surface area contributed by atoms with Gasteiger partial charge in [0, 0.05) is 39.6 Å². The van der Waals surface area contributed by atoms with E-state index in [1.807, 2.05) is 61.6 Å². The van der Waals surface area contributed by atoms with E-state index in [1.165, 1.54) is 0 Å². The van der Waals surface area contributed by atoms with Crippen molar-refractivity contribution in [2.75, 3.05) is 36.5 Å². The molecule has 7 heteroatoms. The van der Waals surface area contributed by atoms with Gasteiger partial charge in [0.15, 0.2) is 11.6 Å². The summed E-state index contributed by atoms with van der Waals surface area (Å²) >= 11 is 0. The van der Waals surface area contributed by atoms with Crippen LogP contribution in [0.25, 0.3) is 11.0 Å². The molecular weight excluding hydrogens is 390 g/mol. The zero-order valence-corrected chi connectivity index (χ0v) is 17.6. The predicted molar refractivity (Wildman–Crippen MR) is 120 cm³/mol. The van der Waals surface area contributed by atoms with Crippen molar-refractivity contribution < 1.29 is 9.59 Å². The number of aromatic nitrogens is 2. The lowest BCUT2D eigenvalue weighted by atomic mass is 10.1. The number of amides is 2. The van der Waals surface area contributed by atoms with Gasteiger partial charge in [-0.15, -0.1) is 0 Å². The normalized spacial score (nSPS) is 18.9. The van der Waals surface area contributed by atoms with Gasteiger partial charge in [-0.1, -0.05) is 42.5 Å². The fraction of sp³-hybridized carbons (Fsp3) is 0.333. The van der Waals surface area contributed by atoms with Crippen LogP contribution in [-0.2, 0) is 16.1 Å². The molecule has 0 aliphatic carbocycles. The number of nitrogens with zero attached hydrogens (tertiary/aromatic N) is 5. The monoisotopic (exact) mass is 415 g/mol. The summed E-state index contributed by atoms with van der Waals surface area (Å²) in [5, 5.41) is 0. The molecule has 3 aromatic rings. The summed E-state index contributed by atoms with van der Waals surface area (Å²) < 4.78 is 0. The Kier molecular flexibility index (Phi) is 5.02. The average molecular weight is 415 g/mol. The fourth-order valence-electron chi connectivity index (χ4n) is 4.43. The first-order valence-corrected chi connectivity index (χ1v) is 10.7. The minimum atomic E-state index is -0.360. The molecule has 0 N–H and O–H groups in total. The third kappa shape index (κ3) is 3.71. The highest BCUT2D eigenvalue weighted by molar-refractivity contribution is 6.01. The summed E-state index contributed by atoms with van der Waals surface area (Å²) in [7, 11) is 1.98. The van der Waals surface area contributed by atoms with Crippen LogP contribution in [0, 0.1) is 5.92 Å². The van der Waals surface area contributed by atoms with Gasteiger partial charge in [-0.2, -0.15) is 0 Å². The maximum absolute atomic E-state index is 13.6. The van der Waals surface area contributed by atoms with E-state index in [0.717, 1.165) is 35.4 Å². The number of benzene rings is 2. The number of likely N-dealkylation sites (tertiary alicyclic amines) is 1. The Morgan fingerprint density at radius 2 is 1.65 bits per heavy atom. The van der Waals surface area contributed by atoms with Crippen molar-refractivity contribution in [2.24, 2.45) is 5.92 Å². The van der Waals surface area contributed by atoms with Crippen molar-refractivity contribution >= 4 is 34.5 Å². The van der Waals surface area contributed by atoms with Crippen LogP contribution in [0.4, 0.5) is 11.6 Å². The Hall–Kier alpha value is -3.48. The van der Waals surface area contributed by atoms with Crippen LogP contribution < -0.4 is 9.80 Å². The SMILES string of the molecule is CN1CCCN(C(=O)C2CC(=O)N(Cc3ccccc3)C2)c2nc3ccccc3nc21. The van der Waals surface area contributed by atoms with Crippen molar-refractivity contribution in [2.45, 2.75) is 19.4 Å². The molecule has 0 bridgehead atoms. The van der Waals surface area contributed by atoms with E-state index in [2.05, 4.69) is 4.90 Å². The summed E-state index contributed by atoms with van der Waals surface area (Å²) in [6.45, 7) is 2.35. The van der Waals surface area contributed by atoms with Crippen LogP contribution in [-0.4, -0.2) is 53.4 Å². The fourth-order valence-corrected chi connectivity index (χ4v) is 4.43. The average Bonchev–Trinajstić information content (AvgIpc) is 3.07. The van der Waals surface area contributed by atoms with Crippen molar-refractivity contribution in [3.05, 3.63) is 60.2 Å². The molecule has 2 aliphatic heterocycles. The Bertz CT molecular complexity index is 1130.